The Morgan fingerprint density at radius 1 is 0.824 bits per heavy atom. The third kappa shape index (κ3) is 1.54. The van der Waals surface area contributed by atoms with Crippen molar-refractivity contribution in [2.45, 2.75) is 13.8 Å². The molecule has 0 amide bonds. The van der Waals surface area contributed by atoms with Gasteiger partial charge in [-0.1, -0.05) is 36.4 Å². The maximum atomic E-state index is 4.61. The Bertz CT molecular complexity index is 610. The molecule has 0 aromatic heterocycles. The molecule has 1 aromatic carbocycles. The van der Waals surface area contributed by atoms with Crippen molar-refractivity contribution >= 4 is 18.2 Å². The Morgan fingerprint density at radius 3 is 2.18 bits per heavy atom. The van der Waals surface area contributed by atoms with E-state index in [1.54, 1.807) is 0 Å². The van der Waals surface area contributed by atoms with Crippen LogP contribution in [-0.2, 0) is 0 Å². The van der Waals surface area contributed by atoms with Crippen molar-refractivity contribution < 1.29 is 0 Å². The minimum atomic E-state index is 1.12. The molecule has 1 heteroatoms. The molecule has 0 radical (unpaired) electrons. The minimum absolute atomic E-state index is 1.12. The predicted octanol–water partition coefficient (Wildman–Crippen LogP) is 4.54. The zero-order chi connectivity index (χ0) is 12.0. The molecule has 0 atom stereocenters. The summed E-state index contributed by atoms with van der Waals surface area (Å²) in [6.45, 7) is 4.28. The molecule has 2 aliphatic rings. The molecule has 0 fully saturated rings. The molecule has 0 bridgehead atoms. The topological polar surface area (TPSA) is 0 Å². The van der Waals surface area contributed by atoms with E-state index in [1.807, 2.05) is 0 Å². The fraction of sp³-hybridized carbons (Fsp3) is 0.125. The third-order valence-corrected chi connectivity index (χ3v) is 3.95. The van der Waals surface area contributed by atoms with Crippen molar-refractivity contribution in [3.8, 4) is 0 Å². The van der Waals surface area contributed by atoms with Crippen LogP contribution in [0.4, 0.5) is 0 Å². The molecule has 0 spiro atoms. The lowest BCUT2D eigenvalue weighted by Crippen LogP contribution is -1.86. The number of benzene rings is 1. The van der Waals surface area contributed by atoms with Gasteiger partial charge in [-0.3, -0.25) is 0 Å². The number of allylic oxidation sites excluding steroid dienone is 7. The zero-order valence-corrected chi connectivity index (χ0v) is 10.9. The van der Waals surface area contributed by atoms with Gasteiger partial charge in [0.05, 0.1) is 0 Å². The van der Waals surface area contributed by atoms with Gasteiger partial charge in [0.2, 0.25) is 0 Å². The summed E-state index contributed by atoms with van der Waals surface area (Å²) in [5.41, 5.74) is 7.82. The van der Waals surface area contributed by atoms with E-state index in [0.717, 1.165) is 4.91 Å². The summed E-state index contributed by atoms with van der Waals surface area (Å²) < 4.78 is 0. The van der Waals surface area contributed by atoms with Crippen LogP contribution in [0.2, 0.25) is 0 Å². The van der Waals surface area contributed by atoms with Gasteiger partial charge in [-0.2, -0.15) is 0 Å². The van der Waals surface area contributed by atoms with Gasteiger partial charge >= 0.3 is 0 Å². The molecule has 17 heavy (non-hydrogen) atoms. The predicted molar refractivity (Wildman–Crippen MR) is 76.9 cm³/mol. The van der Waals surface area contributed by atoms with E-state index in [4.69, 9.17) is 0 Å². The van der Waals surface area contributed by atoms with Crippen molar-refractivity contribution in [2.24, 2.45) is 0 Å². The Balaban J connectivity index is 2.11. The second-order valence-corrected chi connectivity index (χ2v) is 5.02. The van der Waals surface area contributed by atoms with E-state index in [9.17, 15) is 0 Å². The van der Waals surface area contributed by atoms with Gasteiger partial charge in [0, 0.05) is 4.91 Å². The monoisotopic (exact) mass is 238 g/mol. The molecule has 0 nitrogen and oxygen atoms in total. The number of fused-ring (bicyclic) bond motifs is 1. The summed E-state index contributed by atoms with van der Waals surface area (Å²) in [6, 6.07) is 10.5. The van der Waals surface area contributed by atoms with Crippen LogP contribution in [0.1, 0.15) is 19.4 Å². The Labute approximate surface area is 107 Å². The number of hydrogen-bond acceptors (Lipinski definition) is 1. The third-order valence-electron chi connectivity index (χ3n) is 3.37. The highest BCUT2D eigenvalue weighted by atomic mass is 32.1. The molecule has 3 rings (SSSR count). The fourth-order valence-electron chi connectivity index (χ4n) is 2.52. The lowest BCUT2D eigenvalue weighted by Gasteiger charge is -2.06. The first kappa shape index (κ1) is 10.7. The summed E-state index contributed by atoms with van der Waals surface area (Å²) in [7, 11) is 0. The van der Waals surface area contributed by atoms with Crippen LogP contribution in [0.25, 0.3) is 5.57 Å². The maximum absolute atomic E-state index is 4.61. The van der Waals surface area contributed by atoms with Gasteiger partial charge < -0.3 is 0 Å². The summed E-state index contributed by atoms with van der Waals surface area (Å²) in [6.07, 6.45) is 4.51. The van der Waals surface area contributed by atoms with Crippen LogP contribution < -0.4 is 0 Å². The highest BCUT2D eigenvalue weighted by molar-refractivity contribution is 7.84. The molecule has 0 heterocycles. The lowest BCUT2D eigenvalue weighted by atomic mass is 9.99. The minimum Gasteiger partial charge on any atom is -0.143 e. The van der Waals surface area contributed by atoms with Crippen LogP contribution >= 0.6 is 12.6 Å². The summed E-state index contributed by atoms with van der Waals surface area (Å²) in [5, 5.41) is 0. The molecule has 0 unspecified atom stereocenters. The maximum Gasteiger partial charge on any atom is 0.0151 e. The quantitative estimate of drug-likeness (QED) is 0.682. The van der Waals surface area contributed by atoms with Crippen LogP contribution in [0, 0.1) is 0 Å². The second kappa shape index (κ2) is 3.78. The lowest BCUT2D eigenvalue weighted by molar-refractivity contribution is 1.47. The van der Waals surface area contributed by atoms with Crippen molar-refractivity contribution in [3.63, 3.8) is 0 Å². The Morgan fingerprint density at radius 2 is 1.47 bits per heavy atom. The van der Waals surface area contributed by atoms with Gasteiger partial charge in [-0.25, -0.2) is 0 Å². The summed E-state index contributed by atoms with van der Waals surface area (Å²) in [5.74, 6) is 0. The SMILES string of the molecule is CC1=C(S)C2=C(C)C=C(c3ccccc3)C2=C1. The van der Waals surface area contributed by atoms with Gasteiger partial charge in [-0.15, -0.1) is 12.6 Å². The van der Waals surface area contributed by atoms with E-state index in [-0.39, 0.29) is 0 Å². The van der Waals surface area contributed by atoms with Crippen LogP contribution in [0.15, 0.2) is 69.7 Å². The van der Waals surface area contributed by atoms with Gasteiger partial charge in [-0.05, 0) is 53.4 Å². The molecule has 2 aliphatic carbocycles. The molecule has 84 valence electrons. The molecular formula is C16H14S. The smallest absolute Gasteiger partial charge is 0.0151 e. The van der Waals surface area contributed by atoms with Crippen molar-refractivity contribution in [1.29, 1.82) is 0 Å². The highest BCUT2D eigenvalue weighted by Crippen LogP contribution is 2.47. The van der Waals surface area contributed by atoms with Crippen molar-refractivity contribution in [3.05, 3.63) is 75.2 Å². The van der Waals surface area contributed by atoms with Gasteiger partial charge in [0.25, 0.3) is 0 Å². The fourth-order valence-corrected chi connectivity index (χ4v) is 2.88. The van der Waals surface area contributed by atoms with E-state index in [0.29, 0.717) is 0 Å². The molecular weight excluding hydrogens is 224 g/mol. The highest BCUT2D eigenvalue weighted by Gasteiger charge is 2.26. The largest absolute Gasteiger partial charge is 0.143 e. The number of hydrogen-bond donors (Lipinski definition) is 1. The first-order valence-corrected chi connectivity index (χ1v) is 6.24. The average molecular weight is 238 g/mol. The summed E-state index contributed by atoms with van der Waals surface area (Å²) in [4.78, 5) is 1.12. The number of rotatable bonds is 1. The van der Waals surface area contributed by atoms with Gasteiger partial charge in [0.15, 0.2) is 0 Å². The van der Waals surface area contributed by atoms with E-state index >= 15 is 0 Å². The van der Waals surface area contributed by atoms with Crippen LogP contribution in [0.5, 0.6) is 0 Å². The normalized spacial score (nSPS) is 18.5. The van der Waals surface area contributed by atoms with Crippen molar-refractivity contribution in [2.75, 3.05) is 0 Å². The van der Waals surface area contributed by atoms with E-state index in [1.165, 1.54) is 33.4 Å². The Hall–Kier alpha value is -1.47. The zero-order valence-electron chi connectivity index (χ0n) is 9.99. The van der Waals surface area contributed by atoms with E-state index in [2.05, 4.69) is 69.0 Å². The average Bonchev–Trinajstić information content (AvgIpc) is 2.81. The second-order valence-electron chi connectivity index (χ2n) is 4.57. The molecule has 1 aromatic rings. The number of thiol groups is 1. The van der Waals surface area contributed by atoms with Crippen LogP contribution in [0.3, 0.4) is 0 Å². The molecule has 0 aliphatic heterocycles. The first-order valence-electron chi connectivity index (χ1n) is 5.79. The van der Waals surface area contributed by atoms with Crippen molar-refractivity contribution in [1.82, 2.24) is 0 Å². The molecule has 0 saturated carbocycles. The Kier molecular flexibility index (Phi) is 2.37. The summed E-state index contributed by atoms with van der Waals surface area (Å²) >= 11 is 4.61. The standard InChI is InChI=1S/C16H14S/c1-10-8-13(12-6-4-3-5-7-12)14-9-11(2)16(17)15(10)14/h3-9,17H,1-2H3. The van der Waals surface area contributed by atoms with E-state index < -0.39 is 0 Å². The molecule has 0 N–H and O–H groups in total. The van der Waals surface area contributed by atoms with Crippen LogP contribution in [-0.4, -0.2) is 0 Å². The first-order chi connectivity index (χ1) is 8.18. The molecule has 0 saturated heterocycles. The van der Waals surface area contributed by atoms with Gasteiger partial charge in [0.1, 0.15) is 0 Å².